The van der Waals surface area contributed by atoms with Gasteiger partial charge in [-0.05, 0) is 46.3 Å². The van der Waals surface area contributed by atoms with Crippen LogP contribution in [-0.2, 0) is 16.6 Å². The number of hydrogen-bond acceptors (Lipinski definition) is 4. The van der Waals surface area contributed by atoms with Gasteiger partial charge in [0, 0.05) is 10.7 Å². The maximum absolute atomic E-state index is 11.2. The Morgan fingerprint density at radius 2 is 2.05 bits per heavy atom. The molecule has 112 valence electrons. The molecular weight excluding hydrogens is 378 g/mol. The summed E-state index contributed by atoms with van der Waals surface area (Å²) in [6.45, 7) is 0.481. The van der Waals surface area contributed by atoms with E-state index in [0.717, 1.165) is 16.4 Å². The number of nitrogens with zero attached hydrogens (tertiary/aromatic N) is 1. The van der Waals surface area contributed by atoms with Crippen molar-refractivity contribution in [3.05, 3.63) is 51.7 Å². The van der Waals surface area contributed by atoms with Crippen molar-refractivity contribution in [2.24, 2.45) is 0 Å². The van der Waals surface area contributed by atoms with E-state index in [1.165, 1.54) is 0 Å². The van der Waals surface area contributed by atoms with Gasteiger partial charge in [0.1, 0.15) is 0 Å². The van der Waals surface area contributed by atoms with Crippen molar-refractivity contribution in [2.45, 2.75) is 6.54 Å². The molecule has 0 fully saturated rings. The van der Waals surface area contributed by atoms with Crippen LogP contribution in [0.3, 0.4) is 0 Å². The number of sulfonamides is 1. The van der Waals surface area contributed by atoms with E-state index in [1.807, 2.05) is 12.1 Å². The molecule has 0 spiro atoms. The standard InChI is InChI=1S/C13H13BrClN3O2S/c1-21(19,20)18-10-4-5-12(15)13(6-10)17-8-11-3-2-9(14)7-16-11/h2-7,17-18H,8H2,1H3. The van der Waals surface area contributed by atoms with Crippen molar-refractivity contribution in [1.82, 2.24) is 4.98 Å². The highest BCUT2D eigenvalue weighted by atomic mass is 79.9. The largest absolute Gasteiger partial charge is 0.378 e. The average molecular weight is 391 g/mol. The highest BCUT2D eigenvalue weighted by Gasteiger charge is 2.06. The third-order valence-corrected chi connectivity index (χ3v) is 3.92. The van der Waals surface area contributed by atoms with Crippen LogP contribution in [-0.4, -0.2) is 19.7 Å². The van der Waals surface area contributed by atoms with Crippen LogP contribution >= 0.6 is 27.5 Å². The van der Waals surface area contributed by atoms with Crippen LogP contribution < -0.4 is 10.0 Å². The minimum Gasteiger partial charge on any atom is -0.378 e. The van der Waals surface area contributed by atoms with Gasteiger partial charge in [0.15, 0.2) is 0 Å². The summed E-state index contributed by atoms with van der Waals surface area (Å²) in [7, 11) is -3.32. The lowest BCUT2D eigenvalue weighted by Crippen LogP contribution is -2.10. The lowest BCUT2D eigenvalue weighted by Gasteiger charge is -2.11. The molecule has 0 amide bonds. The van der Waals surface area contributed by atoms with Crippen LogP contribution in [0.1, 0.15) is 5.69 Å². The summed E-state index contributed by atoms with van der Waals surface area (Å²) in [5.74, 6) is 0. The van der Waals surface area contributed by atoms with Gasteiger partial charge in [0.05, 0.1) is 34.9 Å². The van der Waals surface area contributed by atoms with Crippen molar-refractivity contribution in [3.63, 3.8) is 0 Å². The van der Waals surface area contributed by atoms with Gasteiger partial charge < -0.3 is 5.32 Å². The van der Waals surface area contributed by atoms with E-state index >= 15 is 0 Å². The molecule has 8 heteroatoms. The van der Waals surface area contributed by atoms with E-state index in [4.69, 9.17) is 11.6 Å². The van der Waals surface area contributed by atoms with Crippen molar-refractivity contribution in [3.8, 4) is 0 Å². The fourth-order valence-electron chi connectivity index (χ4n) is 1.64. The summed E-state index contributed by atoms with van der Waals surface area (Å²) in [6.07, 6.45) is 2.81. The number of hydrogen-bond donors (Lipinski definition) is 2. The summed E-state index contributed by atoms with van der Waals surface area (Å²) in [4.78, 5) is 4.24. The molecule has 2 rings (SSSR count). The molecule has 0 saturated heterocycles. The molecule has 2 aromatic rings. The minimum absolute atomic E-state index is 0.452. The zero-order valence-corrected chi connectivity index (χ0v) is 14.3. The molecule has 0 bridgehead atoms. The molecule has 21 heavy (non-hydrogen) atoms. The van der Waals surface area contributed by atoms with E-state index in [1.54, 1.807) is 24.4 Å². The molecule has 0 atom stereocenters. The maximum Gasteiger partial charge on any atom is 0.229 e. The Bertz CT molecular complexity index is 736. The van der Waals surface area contributed by atoms with Crippen molar-refractivity contribution in [1.29, 1.82) is 0 Å². The number of anilines is 2. The van der Waals surface area contributed by atoms with E-state index in [0.29, 0.717) is 22.9 Å². The lowest BCUT2D eigenvalue weighted by molar-refractivity contribution is 0.607. The van der Waals surface area contributed by atoms with E-state index < -0.39 is 10.0 Å². The number of halogens is 2. The smallest absolute Gasteiger partial charge is 0.229 e. The van der Waals surface area contributed by atoms with Gasteiger partial charge in [-0.2, -0.15) is 0 Å². The predicted octanol–water partition coefficient (Wildman–Crippen LogP) is 3.48. The van der Waals surface area contributed by atoms with Crippen LogP contribution in [0.25, 0.3) is 0 Å². The number of rotatable bonds is 5. The van der Waals surface area contributed by atoms with Gasteiger partial charge in [-0.3, -0.25) is 9.71 Å². The highest BCUT2D eigenvalue weighted by Crippen LogP contribution is 2.26. The average Bonchev–Trinajstić information content (AvgIpc) is 2.39. The molecule has 0 aliphatic carbocycles. The monoisotopic (exact) mass is 389 g/mol. The number of benzene rings is 1. The first kappa shape index (κ1) is 16.1. The third-order valence-electron chi connectivity index (χ3n) is 2.52. The summed E-state index contributed by atoms with van der Waals surface area (Å²) in [5.41, 5.74) is 1.93. The summed E-state index contributed by atoms with van der Waals surface area (Å²) < 4.78 is 25.8. The minimum atomic E-state index is -3.32. The summed E-state index contributed by atoms with van der Waals surface area (Å²) in [6, 6.07) is 8.65. The molecular formula is C13H13BrClN3O2S. The number of aromatic nitrogens is 1. The number of nitrogens with one attached hydrogen (secondary N) is 2. The summed E-state index contributed by atoms with van der Waals surface area (Å²) in [5, 5.41) is 3.64. The first-order valence-corrected chi connectivity index (χ1v) is 9.01. The van der Waals surface area contributed by atoms with Crippen molar-refractivity contribution in [2.75, 3.05) is 16.3 Å². The normalized spacial score (nSPS) is 11.2. The van der Waals surface area contributed by atoms with Gasteiger partial charge in [0.2, 0.25) is 10.0 Å². The van der Waals surface area contributed by atoms with Crippen LogP contribution in [0, 0.1) is 0 Å². The molecule has 2 N–H and O–H groups in total. The molecule has 0 unspecified atom stereocenters. The molecule has 0 aliphatic heterocycles. The predicted molar refractivity (Wildman–Crippen MR) is 89.2 cm³/mol. The Morgan fingerprint density at radius 1 is 1.29 bits per heavy atom. The Labute approximate surface area is 136 Å². The Morgan fingerprint density at radius 3 is 2.67 bits per heavy atom. The topological polar surface area (TPSA) is 71.1 Å². The first-order chi connectivity index (χ1) is 9.83. The van der Waals surface area contributed by atoms with Crippen LogP contribution in [0.5, 0.6) is 0 Å². The second-order valence-electron chi connectivity index (χ2n) is 4.39. The van der Waals surface area contributed by atoms with Crippen LogP contribution in [0.15, 0.2) is 41.0 Å². The van der Waals surface area contributed by atoms with E-state index in [-0.39, 0.29) is 0 Å². The number of pyridine rings is 1. The van der Waals surface area contributed by atoms with Gasteiger partial charge >= 0.3 is 0 Å². The van der Waals surface area contributed by atoms with Gasteiger partial charge in [-0.1, -0.05) is 11.6 Å². The van der Waals surface area contributed by atoms with Crippen molar-refractivity contribution < 1.29 is 8.42 Å². The molecule has 1 aromatic carbocycles. The second-order valence-corrected chi connectivity index (χ2v) is 7.46. The third kappa shape index (κ3) is 5.18. The Kier molecular flexibility index (Phi) is 5.08. The summed E-state index contributed by atoms with van der Waals surface area (Å²) >= 11 is 9.41. The van der Waals surface area contributed by atoms with Gasteiger partial charge in [-0.25, -0.2) is 8.42 Å². The second kappa shape index (κ2) is 6.64. The van der Waals surface area contributed by atoms with Crippen LogP contribution in [0.2, 0.25) is 5.02 Å². The van der Waals surface area contributed by atoms with Gasteiger partial charge in [-0.15, -0.1) is 0 Å². The van der Waals surface area contributed by atoms with E-state index in [9.17, 15) is 8.42 Å². The van der Waals surface area contributed by atoms with Crippen LogP contribution in [0.4, 0.5) is 11.4 Å². The molecule has 1 heterocycles. The zero-order chi connectivity index (χ0) is 15.5. The fourth-order valence-corrected chi connectivity index (χ4v) is 2.61. The zero-order valence-electron chi connectivity index (χ0n) is 11.1. The maximum atomic E-state index is 11.2. The Balaban J connectivity index is 2.12. The van der Waals surface area contributed by atoms with Gasteiger partial charge in [0.25, 0.3) is 0 Å². The molecule has 5 nitrogen and oxygen atoms in total. The SMILES string of the molecule is CS(=O)(=O)Nc1ccc(Cl)c(NCc2ccc(Br)cn2)c1. The quantitative estimate of drug-likeness (QED) is 0.820. The molecule has 0 saturated carbocycles. The molecule has 1 aromatic heterocycles. The highest BCUT2D eigenvalue weighted by molar-refractivity contribution is 9.10. The van der Waals surface area contributed by atoms with E-state index in [2.05, 4.69) is 31.0 Å². The first-order valence-electron chi connectivity index (χ1n) is 5.95. The fraction of sp³-hybridized carbons (Fsp3) is 0.154. The molecule has 0 aliphatic rings. The van der Waals surface area contributed by atoms with Crippen molar-refractivity contribution >= 4 is 48.9 Å². The lowest BCUT2D eigenvalue weighted by atomic mass is 10.2. The Hall–Kier alpha value is -1.31. The molecule has 0 radical (unpaired) electrons.